The lowest BCUT2D eigenvalue weighted by atomic mass is 9.78. The van der Waals surface area contributed by atoms with Crippen molar-refractivity contribution >= 4 is 17.8 Å². The molecule has 3 aromatic rings. The molecule has 0 bridgehead atoms. The minimum Gasteiger partial charge on any atom is -0.396 e. The van der Waals surface area contributed by atoms with Crippen molar-refractivity contribution in [1.82, 2.24) is 19.9 Å². The van der Waals surface area contributed by atoms with Gasteiger partial charge in [0.2, 0.25) is 11.9 Å². The van der Waals surface area contributed by atoms with Gasteiger partial charge < -0.3 is 25.8 Å². The molecule has 0 spiro atoms. The van der Waals surface area contributed by atoms with Gasteiger partial charge in [0.25, 0.3) is 5.91 Å². The van der Waals surface area contributed by atoms with Gasteiger partial charge in [-0.25, -0.2) is 15.0 Å². The summed E-state index contributed by atoms with van der Waals surface area (Å²) in [5.41, 5.74) is 8.18. The Hall–Kier alpha value is -3.89. The Morgan fingerprint density at radius 1 is 1.21 bits per heavy atom. The van der Waals surface area contributed by atoms with Gasteiger partial charge in [0.05, 0.1) is 18.0 Å². The number of fused-ring (bicyclic) bond motifs is 1. The Morgan fingerprint density at radius 2 is 1.97 bits per heavy atom. The van der Waals surface area contributed by atoms with Crippen LogP contribution in [0, 0.1) is 6.92 Å². The van der Waals surface area contributed by atoms with Crippen molar-refractivity contribution in [2.45, 2.75) is 50.7 Å². The van der Waals surface area contributed by atoms with Gasteiger partial charge in [-0.2, -0.15) is 0 Å². The fourth-order valence-corrected chi connectivity index (χ4v) is 5.27. The number of amides is 2. The van der Waals surface area contributed by atoms with Crippen molar-refractivity contribution in [3.8, 4) is 11.4 Å². The number of benzene rings is 1. The van der Waals surface area contributed by atoms with E-state index in [4.69, 9.17) is 10.5 Å². The van der Waals surface area contributed by atoms with Crippen LogP contribution in [0.5, 0.6) is 0 Å². The largest absolute Gasteiger partial charge is 0.396 e. The molecule has 4 N–H and O–H groups in total. The Morgan fingerprint density at radius 3 is 2.68 bits per heavy atom. The molecule has 10 heteroatoms. The second-order valence-electron chi connectivity index (χ2n) is 10.1. The summed E-state index contributed by atoms with van der Waals surface area (Å²) in [7, 11) is 0. The standard InChI is InChI=1S/C28H32N6O4/c1-17-4-3-5-18(14-17)21(16-35)28(2,26(29)37)34-15-19-6-7-22(32-24(19)25(34)36)23-8-11-30-27(33-23)31-20-9-12-38-13-10-20/h3-8,11,14,20-21,35H,9-10,12-13,15-16H2,1-2H3,(H2,29,37)(H,30,31,33)/t21-,28?/m0/s1. The highest BCUT2D eigenvalue weighted by Gasteiger charge is 2.51. The van der Waals surface area contributed by atoms with Crippen LogP contribution in [0.25, 0.3) is 11.4 Å². The Bertz CT molecular complexity index is 1360. The Kier molecular flexibility index (Phi) is 7.09. The molecule has 2 aliphatic rings. The van der Waals surface area contributed by atoms with Crippen LogP contribution in [0.3, 0.4) is 0 Å². The van der Waals surface area contributed by atoms with Crippen LogP contribution in [0.15, 0.2) is 48.7 Å². The van der Waals surface area contributed by atoms with E-state index in [1.807, 2.05) is 43.3 Å². The van der Waals surface area contributed by atoms with Crippen LogP contribution in [-0.4, -0.2) is 68.2 Å². The molecule has 1 fully saturated rings. The predicted molar refractivity (Wildman–Crippen MR) is 141 cm³/mol. The minimum absolute atomic E-state index is 0.156. The molecule has 198 valence electrons. The van der Waals surface area contributed by atoms with Crippen molar-refractivity contribution < 1.29 is 19.4 Å². The van der Waals surface area contributed by atoms with E-state index < -0.39 is 23.3 Å². The van der Waals surface area contributed by atoms with Gasteiger partial charge in [0, 0.05) is 43.5 Å². The van der Waals surface area contributed by atoms with E-state index in [0.717, 1.165) is 24.0 Å². The second-order valence-corrected chi connectivity index (χ2v) is 10.1. The molecule has 2 aromatic heterocycles. The molecule has 2 aliphatic heterocycles. The summed E-state index contributed by atoms with van der Waals surface area (Å²) < 4.78 is 5.41. The van der Waals surface area contributed by atoms with Crippen LogP contribution in [0.2, 0.25) is 0 Å². The molecule has 2 amide bonds. The fraction of sp³-hybridized carbons (Fsp3) is 0.393. The van der Waals surface area contributed by atoms with Crippen molar-refractivity contribution in [1.29, 1.82) is 0 Å². The summed E-state index contributed by atoms with van der Waals surface area (Å²) in [5.74, 6) is -1.32. The quantitative estimate of drug-likeness (QED) is 0.414. The van der Waals surface area contributed by atoms with Crippen LogP contribution in [0.4, 0.5) is 5.95 Å². The zero-order valence-electron chi connectivity index (χ0n) is 21.6. The first-order valence-corrected chi connectivity index (χ1v) is 12.8. The molecule has 4 heterocycles. The molecule has 38 heavy (non-hydrogen) atoms. The van der Waals surface area contributed by atoms with Gasteiger partial charge in [-0.1, -0.05) is 35.9 Å². The number of aliphatic hydroxyl groups is 1. The minimum atomic E-state index is -1.48. The predicted octanol–water partition coefficient (Wildman–Crippen LogP) is 2.41. The molecule has 5 rings (SSSR count). The molecule has 2 atom stereocenters. The van der Waals surface area contributed by atoms with Gasteiger partial charge in [0.1, 0.15) is 11.2 Å². The normalized spacial score (nSPS) is 18.1. The average Bonchev–Trinajstić information content (AvgIpc) is 3.26. The number of ether oxygens (including phenoxy) is 1. The highest BCUT2D eigenvalue weighted by atomic mass is 16.5. The number of carbonyl (C=O) groups excluding carboxylic acids is 2. The number of pyridine rings is 1. The Labute approximate surface area is 221 Å². The number of aryl methyl sites for hydroxylation is 1. The van der Waals surface area contributed by atoms with Gasteiger partial charge in [0.15, 0.2) is 0 Å². The van der Waals surface area contributed by atoms with Crippen molar-refractivity contribution in [3.63, 3.8) is 0 Å². The Balaban J connectivity index is 1.44. The number of primary amides is 1. The molecule has 0 saturated carbocycles. The monoisotopic (exact) mass is 516 g/mol. The number of rotatable bonds is 8. The van der Waals surface area contributed by atoms with E-state index >= 15 is 0 Å². The number of hydrogen-bond acceptors (Lipinski definition) is 8. The van der Waals surface area contributed by atoms with Gasteiger partial charge in [-0.3, -0.25) is 9.59 Å². The topological polar surface area (TPSA) is 144 Å². The summed E-state index contributed by atoms with van der Waals surface area (Å²) in [5, 5.41) is 13.7. The van der Waals surface area contributed by atoms with E-state index in [0.29, 0.717) is 36.1 Å². The number of aliphatic hydroxyl groups excluding tert-OH is 1. The number of carbonyl (C=O) groups is 2. The highest BCUT2D eigenvalue weighted by Crippen LogP contribution is 2.39. The molecule has 1 aromatic carbocycles. The zero-order chi connectivity index (χ0) is 26.9. The maximum atomic E-state index is 13.7. The summed E-state index contributed by atoms with van der Waals surface area (Å²) in [6.07, 6.45) is 3.42. The van der Waals surface area contributed by atoms with Crippen LogP contribution in [0.1, 0.15) is 52.9 Å². The number of hydrogen-bond donors (Lipinski definition) is 3. The smallest absolute Gasteiger partial charge is 0.274 e. The van der Waals surface area contributed by atoms with Crippen LogP contribution in [-0.2, 0) is 16.1 Å². The molecular formula is C28H32N6O4. The van der Waals surface area contributed by atoms with E-state index in [1.54, 1.807) is 19.2 Å². The molecule has 10 nitrogen and oxygen atoms in total. The van der Waals surface area contributed by atoms with Crippen molar-refractivity contribution in [3.05, 3.63) is 71.0 Å². The number of anilines is 1. The second kappa shape index (κ2) is 10.5. The SMILES string of the molecule is Cc1cccc([C@H](CO)C(C)(C(N)=O)N2Cc3ccc(-c4ccnc(NC5CCOCC5)n4)nc3C2=O)c1. The third kappa shape index (κ3) is 4.72. The third-order valence-corrected chi connectivity index (χ3v) is 7.59. The van der Waals surface area contributed by atoms with Gasteiger partial charge in [-0.05, 0) is 44.4 Å². The van der Waals surface area contributed by atoms with Crippen molar-refractivity contribution in [2.75, 3.05) is 25.1 Å². The van der Waals surface area contributed by atoms with Crippen molar-refractivity contribution in [2.24, 2.45) is 5.73 Å². The first-order chi connectivity index (χ1) is 18.3. The maximum Gasteiger partial charge on any atom is 0.274 e. The van der Waals surface area contributed by atoms with E-state index in [9.17, 15) is 14.7 Å². The summed E-state index contributed by atoms with van der Waals surface area (Å²) >= 11 is 0. The number of nitrogens with zero attached hydrogens (tertiary/aromatic N) is 4. The summed E-state index contributed by atoms with van der Waals surface area (Å²) in [6.45, 7) is 4.75. The third-order valence-electron chi connectivity index (χ3n) is 7.59. The lowest BCUT2D eigenvalue weighted by molar-refractivity contribution is -0.130. The molecule has 0 radical (unpaired) electrons. The van der Waals surface area contributed by atoms with E-state index in [1.165, 1.54) is 4.90 Å². The number of nitrogens with one attached hydrogen (secondary N) is 1. The maximum absolute atomic E-state index is 13.7. The van der Waals surface area contributed by atoms with Gasteiger partial charge in [-0.15, -0.1) is 0 Å². The number of aromatic nitrogens is 3. The van der Waals surface area contributed by atoms with E-state index in [2.05, 4.69) is 20.3 Å². The highest BCUT2D eigenvalue weighted by molar-refractivity contribution is 6.01. The fourth-order valence-electron chi connectivity index (χ4n) is 5.27. The molecule has 0 aliphatic carbocycles. The van der Waals surface area contributed by atoms with Crippen LogP contribution >= 0.6 is 0 Å². The molecular weight excluding hydrogens is 484 g/mol. The molecule has 1 unspecified atom stereocenters. The summed E-state index contributed by atoms with van der Waals surface area (Å²) in [6, 6.07) is 13.1. The van der Waals surface area contributed by atoms with Crippen LogP contribution < -0.4 is 11.1 Å². The first-order valence-electron chi connectivity index (χ1n) is 12.8. The zero-order valence-corrected chi connectivity index (χ0v) is 21.6. The number of nitrogens with two attached hydrogens (primary N) is 1. The summed E-state index contributed by atoms with van der Waals surface area (Å²) in [4.78, 5) is 41.6. The first kappa shape index (κ1) is 25.7. The average molecular weight is 517 g/mol. The van der Waals surface area contributed by atoms with E-state index in [-0.39, 0.29) is 24.9 Å². The molecule has 1 saturated heterocycles. The lowest BCUT2D eigenvalue weighted by Gasteiger charge is -2.41. The lowest BCUT2D eigenvalue weighted by Crippen LogP contribution is -2.60. The van der Waals surface area contributed by atoms with Gasteiger partial charge >= 0.3 is 0 Å².